The SMILES string of the molecule is CC[C@@H]1CCN(C(=O)Nc2cc(Br)cc3nc(C)oc23)C1. The zero-order valence-corrected chi connectivity index (χ0v) is 13.7. The first-order chi connectivity index (χ1) is 10.1. The molecule has 21 heavy (non-hydrogen) atoms. The Hall–Kier alpha value is -1.56. The van der Waals surface area contributed by atoms with Crippen LogP contribution in [0.25, 0.3) is 11.1 Å². The molecule has 0 spiro atoms. The molecule has 0 bridgehead atoms. The number of likely N-dealkylation sites (tertiary alicyclic amines) is 1. The van der Waals surface area contributed by atoms with Crippen molar-refractivity contribution in [2.45, 2.75) is 26.7 Å². The highest BCUT2D eigenvalue weighted by Gasteiger charge is 2.25. The van der Waals surface area contributed by atoms with Gasteiger partial charge in [-0.25, -0.2) is 9.78 Å². The Morgan fingerprint density at radius 1 is 1.57 bits per heavy atom. The van der Waals surface area contributed by atoms with Crippen LogP contribution < -0.4 is 5.32 Å². The highest BCUT2D eigenvalue weighted by Crippen LogP contribution is 2.29. The van der Waals surface area contributed by atoms with Gasteiger partial charge in [0.15, 0.2) is 11.5 Å². The molecule has 1 aromatic carbocycles. The molecule has 0 saturated carbocycles. The van der Waals surface area contributed by atoms with E-state index < -0.39 is 0 Å². The van der Waals surface area contributed by atoms with Crippen molar-refractivity contribution in [1.29, 1.82) is 0 Å². The lowest BCUT2D eigenvalue weighted by atomic mass is 10.1. The van der Waals surface area contributed by atoms with E-state index in [0.29, 0.717) is 23.1 Å². The maximum absolute atomic E-state index is 12.4. The van der Waals surface area contributed by atoms with Gasteiger partial charge in [0.25, 0.3) is 0 Å². The molecule has 1 N–H and O–H groups in total. The summed E-state index contributed by atoms with van der Waals surface area (Å²) >= 11 is 3.44. The molecule has 6 heteroatoms. The number of carbonyl (C=O) groups excluding carboxylic acids is 1. The Balaban J connectivity index is 1.83. The van der Waals surface area contributed by atoms with Crippen LogP contribution in [0.4, 0.5) is 10.5 Å². The molecule has 5 nitrogen and oxygen atoms in total. The number of aryl methyl sites for hydroxylation is 1. The van der Waals surface area contributed by atoms with Gasteiger partial charge in [0, 0.05) is 24.5 Å². The predicted octanol–water partition coefficient (Wildman–Crippen LogP) is 4.16. The van der Waals surface area contributed by atoms with Crippen molar-refractivity contribution in [1.82, 2.24) is 9.88 Å². The first-order valence-electron chi connectivity index (χ1n) is 7.19. The molecule has 0 radical (unpaired) electrons. The molecule has 0 aliphatic carbocycles. The van der Waals surface area contributed by atoms with Crippen LogP contribution in [0.3, 0.4) is 0 Å². The summed E-state index contributed by atoms with van der Waals surface area (Å²) in [5, 5.41) is 2.95. The molecule has 1 atom stereocenters. The summed E-state index contributed by atoms with van der Waals surface area (Å²) in [4.78, 5) is 18.5. The Kier molecular flexibility index (Phi) is 3.89. The molecule has 1 fully saturated rings. The number of fused-ring (bicyclic) bond motifs is 1. The number of amides is 2. The number of anilines is 1. The average molecular weight is 352 g/mol. The third-order valence-corrected chi connectivity index (χ3v) is 4.41. The van der Waals surface area contributed by atoms with Gasteiger partial charge in [-0.3, -0.25) is 0 Å². The molecular formula is C15H18BrN3O2. The molecule has 3 rings (SSSR count). The highest BCUT2D eigenvalue weighted by molar-refractivity contribution is 9.10. The van der Waals surface area contributed by atoms with Gasteiger partial charge in [0.05, 0.1) is 5.69 Å². The number of carbonyl (C=O) groups is 1. The number of oxazole rings is 1. The fourth-order valence-electron chi connectivity index (χ4n) is 2.75. The van der Waals surface area contributed by atoms with Crippen molar-refractivity contribution in [2.75, 3.05) is 18.4 Å². The standard InChI is InChI=1S/C15H18BrN3O2/c1-3-10-4-5-19(8-10)15(20)18-13-7-11(16)6-12-14(13)21-9(2)17-12/h6-7,10H,3-5,8H2,1-2H3,(H,18,20)/t10-/m1/s1. The molecular weight excluding hydrogens is 334 g/mol. The molecule has 1 aromatic heterocycles. The lowest BCUT2D eigenvalue weighted by Crippen LogP contribution is -2.33. The van der Waals surface area contributed by atoms with Crippen LogP contribution >= 0.6 is 15.9 Å². The van der Waals surface area contributed by atoms with E-state index in [1.807, 2.05) is 17.0 Å². The maximum Gasteiger partial charge on any atom is 0.321 e. The number of nitrogens with zero attached hydrogens (tertiary/aromatic N) is 2. The van der Waals surface area contributed by atoms with Crippen LogP contribution in [0, 0.1) is 12.8 Å². The van der Waals surface area contributed by atoms with Gasteiger partial charge in [-0.05, 0) is 24.5 Å². The minimum atomic E-state index is -0.0700. The second kappa shape index (κ2) is 5.67. The molecule has 2 heterocycles. The second-order valence-electron chi connectivity index (χ2n) is 5.47. The first-order valence-corrected chi connectivity index (χ1v) is 7.98. The highest BCUT2D eigenvalue weighted by atomic mass is 79.9. The summed E-state index contributed by atoms with van der Waals surface area (Å²) in [7, 11) is 0. The predicted molar refractivity (Wildman–Crippen MR) is 85.4 cm³/mol. The Bertz CT molecular complexity index is 683. The molecule has 2 amide bonds. The molecule has 1 aliphatic heterocycles. The Morgan fingerprint density at radius 2 is 2.38 bits per heavy atom. The first kappa shape index (κ1) is 14.4. The number of urea groups is 1. The summed E-state index contributed by atoms with van der Waals surface area (Å²) in [5.41, 5.74) is 2.02. The zero-order chi connectivity index (χ0) is 15.0. The van der Waals surface area contributed by atoms with Gasteiger partial charge >= 0.3 is 6.03 Å². The number of aromatic nitrogens is 1. The summed E-state index contributed by atoms with van der Waals surface area (Å²) in [6, 6.07) is 3.65. The minimum absolute atomic E-state index is 0.0700. The number of rotatable bonds is 2. The van der Waals surface area contributed by atoms with Crippen LogP contribution in [0.15, 0.2) is 21.0 Å². The Labute approximate surface area is 131 Å². The van der Waals surface area contributed by atoms with Crippen molar-refractivity contribution in [3.63, 3.8) is 0 Å². The topological polar surface area (TPSA) is 58.4 Å². The van der Waals surface area contributed by atoms with E-state index in [1.165, 1.54) is 0 Å². The van der Waals surface area contributed by atoms with Crippen molar-refractivity contribution in [3.05, 3.63) is 22.5 Å². The Morgan fingerprint density at radius 3 is 3.10 bits per heavy atom. The number of benzene rings is 1. The molecule has 1 aliphatic rings. The molecule has 0 unspecified atom stereocenters. The number of hydrogen-bond donors (Lipinski definition) is 1. The third kappa shape index (κ3) is 2.90. The normalized spacial score (nSPS) is 18.4. The van der Waals surface area contributed by atoms with E-state index in [9.17, 15) is 4.79 Å². The van der Waals surface area contributed by atoms with E-state index in [0.717, 1.165) is 35.9 Å². The monoisotopic (exact) mass is 351 g/mol. The van der Waals surface area contributed by atoms with Gasteiger partial charge < -0.3 is 14.6 Å². The van der Waals surface area contributed by atoms with Crippen LogP contribution in [-0.2, 0) is 0 Å². The van der Waals surface area contributed by atoms with Crippen LogP contribution in [0.5, 0.6) is 0 Å². The third-order valence-electron chi connectivity index (χ3n) is 3.95. The zero-order valence-electron chi connectivity index (χ0n) is 12.1. The summed E-state index contributed by atoms with van der Waals surface area (Å²) < 4.78 is 6.46. The smallest absolute Gasteiger partial charge is 0.321 e. The van der Waals surface area contributed by atoms with E-state index in [1.54, 1.807) is 6.92 Å². The van der Waals surface area contributed by atoms with Gasteiger partial charge in [-0.2, -0.15) is 0 Å². The van der Waals surface area contributed by atoms with Crippen molar-refractivity contribution in [2.24, 2.45) is 5.92 Å². The largest absolute Gasteiger partial charge is 0.439 e. The fraction of sp³-hybridized carbons (Fsp3) is 0.467. The maximum atomic E-state index is 12.4. The van der Waals surface area contributed by atoms with Crippen LogP contribution in [-0.4, -0.2) is 29.0 Å². The van der Waals surface area contributed by atoms with Crippen LogP contribution in [0.2, 0.25) is 0 Å². The van der Waals surface area contributed by atoms with Gasteiger partial charge in [0.2, 0.25) is 0 Å². The lowest BCUT2D eigenvalue weighted by Gasteiger charge is -2.17. The fourth-order valence-corrected chi connectivity index (χ4v) is 3.19. The van der Waals surface area contributed by atoms with E-state index in [-0.39, 0.29) is 6.03 Å². The second-order valence-corrected chi connectivity index (χ2v) is 6.39. The molecule has 2 aromatic rings. The van der Waals surface area contributed by atoms with Crippen LogP contribution in [0.1, 0.15) is 25.7 Å². The summed E-state index contributed by atoms with van der Waals surface area (Å²) in [5.74, 6) is 1.21. The lowest BCUT2D eigenvalue weighted by molar-refractivity contribution is 0.220. The number of nitrogens with one attached hydrogen (secondary N) is 1. The van der Waals surface area contributed by atoms with Crippen molar-refractivity contribution < 1.29 is 9.21 Å². The number of hydrogen-bond acceptors (Lipinski definition) is 3. The van der Waals surface area contributed by atoms with Gasteiger partial charge in [0.1, 0.15) is 5.52 Å². The summed E-state index contributed by atoms with van der Waals surface area (Å²) in [6.07, 6.45) is 2.20. The average Bonchev–Trinajstić information content (AvgIpc) is 3.04. The van der Waals surface area contributed by atoms with Gasteiger partial charge in [-0.1, -0.05) is 29.3 Å². The van der Waals surface area contributed by atoms with Gasteiger partial charge in [-0.15, -0.1) is 0 Å². The number of halogens is 1. The van der Waals surface area contributed by atoms with E-state index in [4.69, 9.17) is 4.42 Å². The van der Waals surface area contributed by atoms with Crippen molar-refractivity contribution in [3.8, 4) is 0 Å². The molecule has 1 saturated heterocycles. The summed E-state index contributed by atoms with van der Waals surface area (Å²) in [6.45, 7) is 5.61. The van der Waals surface area contributed by atoms with E-state index in [2.05, 4.69) is 33.2 Å². The minimum Gasteiger partial charge on any atom is -0.439 e. The molecule has 112 valence electrons. The van der Waals surface area contributed by atoms with Crippen molar-refractivity contribution >= 4 is 38.7 Å². The quantitative estimate of drug-likeness (QED) is 0.883. The van der Waals surface area contributed by atoms with E-state index >= 15 is 0 Å².